The second-order valence-electron chi connectivity index (χ2n) is 14.8. The predicted molar refractivity (Wildman–Crippen MR) is 138 cm³/mol. The molecule has 0 heterocycles. The summed E-state index contributed by atoms with van der Waals surface area (Å²) in [6, 6.07) is 0. The number of rotatable bonds is 1. The quantitative estimate of drug-likeness (QED) is 0.345. The van der Waals surface area contributed by atoms with E-state index in [0.717, 1.165) is 32.1 Å². The molecule has 198 valence electrons. The third-order valence-corrected chi connectivity index (χ3v) is 13.6. The smallest absolute Gasteiger partial charge is 0.312 e. The van der Waals surface area contributed by atoms with Gasteiger partial charge in [-0.3, -0.25) is 4.79 Å². The summed E-state index contributed by atoms with van der Waals surface area (Å²) in [5.41, 5.74) is 1.28. The Kier molecular flexibility index (Phi) is 5.76. The van der Waals surface area contributed by atoms with E-state index in [1.807, 2.05) is 0 Å². The molecule has 0 aliphatic heterocycles. The zero-order chi connectivity index (χ0) is 25.8. The highest BCUT2D eigenvalue weighted by Gasteiger charge is 2.70. The molecular formula is C31H50O4. The fraction of sp³-hybridized carbons (Fsp3) is 0.903. The van der Waals surface area contributed by atoms with E-state index in [-0.39, 0.29) is 51.5 Å². The van der Waals surface area contributed by atoms with E-state index < -0.39 is 11.5 Å². The molecule has 5 rings (SSSR count). The average Bonchev–Trinajstić information content (AvgIpc) is 2.80. The molecule has 0 unspecified atom stereocenters. The first kappa shape index (κ1) is 25.8. The SMILES string of the molecule is COC(=O)[C@@]12CC[C@]3(C)C(=CC[C@@H]4[C@@]5(C)CC[C@H](O)C(C)(C)[C@@H]5CC[C@]43C)[C@@H]1[C@@H](C)[C@H](C)[C@@H](O)C2. The normalized spacial score (nSPS) is 54.9. The van der Waals surface area contributed by atoms with Gasteiger partial charge < -0.3 is 14.9 Å². The summed E-state index contributed by atoms with van der Waals surface area (Å²) >= 11 is 0. The van der Waals surface area contributed by atoms with Crippen molar-refractivity contribution in [2.24, 2.45) is 56.7 Å². The largest absolute Gasteiger partial charge is 0.469 e. The summed E-state index contributed by atoms with van der Waals surface area (Å²) in [7, 11) is 1.52. The van der Waals surface area contributed by atoms with Gasteiger partial charge in [0.15, 0.2) is 0 Å². The lowest BCUT2D eigenvalue weighted by Gasteiger charge is -2.71. The van der Waals surface area contributed by atoms with Crippen LogP contribution in [0.3, 0.4) is 0 Å². The van der Waals surface area contributed by atoms with Crippen LogP contribution in [0.15, 0.2) is 11.6 Å². The lowest BCUT2D eigenvalue weighted by molar-refractivity contribution is -0.210. The van der Waals surface area contributed by atoms with Crippen LogP contribution in [0.4, 0.5) is 0 Å². The maximum absolute atomic E-state index is 13.4. The highest BCUT2D eigenvalue weighted by atomic mass is 16.5. The molecule has 0 aromatic carbocycles. The van der Waals surface area contributed by atoms with E-state index in [2.05, 4.69) is 54.5 Å². The Balaban J connectivity index is 1.62. The van der Waals surface area contributed by atoms with E-state index in [1.54, 1.807) is 0 Å². The van der Waals surface area contributed by atoms with Crippen molar-refractivity contribution in [1.82, 2.24) is 0 Å². The fourth-order valence-corrected chi connectivity index (χ4v) is 11.1. The van der Waals surface area contributed by atoms with Gasteiger partial charge in [-0.1, -0.05) is 60.1 Å². The number of allylic oxidation sites excluding steroid dienone is 2. The standard InChI is InChI=1S/C31H50O4/c1-18-19(2)25-20-9-10-23-28(5)13-12-24(33)27(3,4)22(28)11-14-30(23,7)29(20,6)15-16-31(25,17-21(18)32)26(34)35-8/h9,18-19,21-25,32-33H,10-17H2,1-8H3/t18-,19-,21-,22-,23+,24-,25-,28-,29+,30+,31+/m0/s1. The number of carbonyl (C=O) groups is 1. The maximum atomic E-state index is 13.4. The van der Waals surface area contributed by atoms with Crippen molar-refractivity contribution in [3.63, 3.8) is 0 Å². The third-order valence-electron chi connectivity index (χ3n) is 13.6. The zero-order valence-corrected chi connectivity index (χ0v) is 23.5. The van der Waals surface area contributed by atoms with E-state index in [9.17, 15) is 15.0 Å². The van der Waals surface area contributed by atoms with Gasteiger partial charge in [-0.15, -0.1) is 0 Å². The molecule has 0 saturated heterocycles. The summed E-state index contributed by atoms with van der Waals surface area (Å²) in [5, 5.41) is 21.9. The number of fused-ring (bicyclic) bond motifs is 7. The number of ether oxygens (including phenoxy) is 1. The van der Waals surface area contributed by atoms with Crippen LogP contribution in [0.25, 0.3) is 0 Å². The van der Waals surface area contributed by atoms with Crippen LogP contribution in [0.1, 0.15) is 99.8 Å². The molecule has 4 nitrogen and oxygen atoms in total. The van der Waals surface area contributed by atoms with Crippen molar-refractivity contribution >= 4 is 5.97 Å². The van der Waals surface area contributed by atoms with Gasteiger partial charge in [0.2, 0.25) is 0 Å². The van der Waals surface area contributed by atoms with Crippen molar-refractivity contribution in [2.45, 2.75) is 112 Å². The Morgan fingerprint density at radius 2 is 1.63 bits per heavy atom. The lowest BCUT2D eigenvalue weighted by Crippen LogP contribution is -2.66. The van der Waals surface area contributed by atoms with Crippen LogP contribution in [0.2, 0.25) is 0 Å². The molecule has 4 fully saturated rings. The summed E-state index contributed by atoms with van der Waals surface area (Å²) in [4.78, 5) is 13.4. The highest BCUT2D eigenvalue weighted by molar-refractivity contribution is 5.78. The van der Waals surface area contributed by atoms with Crippen molar-refractivity contribution in [3.05, 3.63) is 11.6 Å². The molecule has 0 radical (unpaired) electrons. The number of aliphatic hydroxyl groups is 2. The molecule has 11 atom stereocenters. The Morgan fingerprint density at radius 1 is 0.943 bits per heavy atom. The monoisotopic (exact) mass is 486 g/mol. The fourth-order valence-electron chi connectivity index (χ4n) is 11.1. The van der Waals surface area contributed by atoms with Gasteiger partial charge in [-0.25, -0.2) is 0 Å². The third kappa shape index (κ3) is 3.02. The number of esters is 1. The van der Waals surface area contributed by atoms with Crippen molar-refractivity contribution in [1.29, 1.82) is 0 Å². The second-order valence-corrected chi connectivity index (χ2v) is 14.8. The van der Waals surface area contributed by atoms with Crippen LogP contribution >= 0.6 is 0 Å². The van der Waals surface area contributed by atoms with Gasteiger partial charge in [-0.05, 0) is 103 Å². The Labute approximate surface area is 213 Å². The number of aliphatic hydroxyl groups excluding tert-OH is 2. The van der Waals surface area contributed by atoms with Gasteiger partial charge in [0.05, 0.1) is 24.7 Å². The molecule has 0 amide bonds. The Hall–Kier alpha value is -0.870. The summed E-state index contributed by atoms with van der Waals surface area (Å²) in [5.74, 6) is 1.55. The van der Waals surface area contributed by atoms with Crippen molar-refractivity contribution < 1.29 is 19.7 Å². The Bertz CT molecular complexity index is 923. The molecule has 0 aromatic heterocycles. The van der Waals surface area contributed by atoms with Gasteiger partial charge >= 0.3 is 5.97 Å². The molecule has 5 aliphatic rings. The van der Waals surface area contributed by atoms with Crippen LogP contribution in [-0.4, -0.2) is 35.5 Å². The lowest BCUT2D eigenvalue weighted by atomic mass is 9.33. The molecule has 0 aromatic rings. The number of carbonyl (C=O) groups excluding carboxylic acids is 1. The zero-order valence-electron chi connectivity index (χ0n) is 23.5. The average molecular weight is 487 g/mol. The van der Waals surface area contributed by atoms with Crippen molar-refractivity contribution in [3.8, 4) is 0 Å². The topological polar surface area (TPSA) is 66.8 Å². The summed E-state index contributed by atoms with van der Waals surface area (Å²) in [6.07, 6.45) is 9.65. The molecule has 0 spiro atoms. The van der Waals surface area contributed by atoms with Gasteiger partial charge in [0.25, 0.3) is 0 Å². The number of hydrogen-bond acceptors (Lipinski definition) is 4. The van der Waals surface area contributed by atoms with Crippen LogP contribution in [-0.2, 0) is 9.53 Å². The van der Waals surface area contributed by atoms with Crippen LogP contribution in [0, 0.1) is 56.7 Å². The minimum absolute atomic E-state index is 0.0442. The van der Waals surface area contributed by atoms with E-state index in [4.69, 9.17) is 4.74 Å². The van der Waals surface area contributed by atoms with Gasteiger partial charge in [0.1, 0.15) is 0 Å². The van der Waals surface area contributed by atoms with E-state index in [1.165, 1.54) is 25.5 Å². The molecule has 5 aliphatic carbocycles. The van der Waals surface area contributed by atoms with Gasteiger partial charge in [0, 0.05) is 0 Å². The summed E-state index contributed by atoms with van der Waals surface area (Å²) in [6.45, 7) is 16.7. The molecule has 35 heavy (non-hydrogen) atoms. The second kappa shape index (κ2) is 7.82. The maximum Gasteiger partial charge on any atom is 0.312 e. The molecule has 4 heteroatoms. The van der Waals surface area contributed by atoms with Crippen LogP contribution < -0.4 is 0 Å². The number of methoxy groups -OCH3 is 1. The van der Waals surface area contributed by atoms with Crippen molar-refractivity contribution in [2.75, 3.05) is 7.11 Å². The Morgan fingerprint density at radius 3 is 2.29 bits per heavy atom. The first-order valence-corrected chi connectivity index (χ1v) is 14.4. The van der Waals surface area contributed by atoms with E-state index in [0.29, 0.717) is 18.3 Å². The van der Waals surface area contributed by atoms with E-state index >= 15 is 0 Å². The molecule has 0 bridgehead atoms. The molecular weight excluding hydrogens is 436 g/mol. The summed E-state index contributed by atoms with van der Waals surface area (Å²) < 4.78 is 5.44. The predicted octanol–water partition coefficient (Wildman–Crippen LogP) is 6.15. The van der Waals surface area contributed by atoms with Gasteiger partial charge in [-0.2, -0.15) is 0 Å². The highest BCUT2D eigenvalue weighted by Crippen LogP contribution is 2.75. The first-order valence-electron chi connectivity index (χ1n) is 14.4. The molecule has 2 N–H and O–H groups in total. The minimum Gasteiger partial charge on any atom is -0.469 e. The van der Waals surface area contributed by atoms with Crippen LogP contribution in [0.5, 0.6) is 0 Å². The minimum atomic E-state index is -0.604. The first-order chi connectivity index (χ1) is 16.2. The molecule has 4 saturated carbocycles. The number of hydrogen-bond donors (Lipinski definition) is 2.